The molecule has 0 bridgehead atoms. The Kier molecular flexibility index (Phi) is 3.75. The first-order valence-electron chi connectivity index (χ1n) is 5.91. The number of pyridine rings is 1. The Hall–Kier alpha value is -1.30. The molecule has 0 aromatic carbocycles. The van der Waals surface area contributed by atoms with Gasteiger partial charge in [-0.2, -0.15) is 13.2 Å². The van der Waals surface area contributed by atoms with Crippen LogP contribution in [0.3, 0.4) is 0 Å². The van der Waals surface area contributed by atoms with Gasteiger partial charge in [0, 0.05) is 24.8 Å². The number of halogens is 3. The number of nitrogens with one attached hydrogen (secondary N) is 1. The van der Waals surface area contributed by atoms with Crippen LogP contribution in [-0.4, -0.2) is 22.7 Å². The number of aromatic nitrogens is 1. The lowest BCUT2D eigenvalue weighted by atomic mass is 10.1. The molecule has 1 fully saturated rings. The van der Waals surface area contributed by atoms with Crippen molar-refractivity contribution < 1.29 is 18.3 Å². The summed E-state index contributed by atoms with van der Waals surface area (Å²) in [6, 6.07) is 1.96. The molecular formula is C12H15F3N2O. The van der Waals surface area contributed by atoms with Gasteiger partial charge in [0.15, 0.2) is 0 Å². The summed E-state index contributed by atoms with van der Waals surface area (Å²) in [4.78, 5) is 3.89. The molecule has 0 spiro atoms. The van der Waals surface area contributed by atoms with Crippen molar-refractivity contribution in [3.63, 3.8) is 0 Å². The van der Waals surface area contributed by atoms with Crippen molar-refractivity contribution >= 4 is 5.82 Å². The van der Waals surface area contributed by atoms with E-state index in [2.05, 4.69) is 10.3 Å². The normalized spacial score (nSPS) is 24.2. The van der Waals surface area contributed by atoms with E-state index in [1.165, 1.54) is 0 Å². The van der Waals surface area contributed by atoms with Gasteiger partial charge >= 0.3 is 6.18 Å². The minimum atomic E-state index is -4.36. The minimum Gasteiger partial charge on any atom is -0.396 e. The van der Waals surface area contributed by atoms with E-state index in [9.17, 15) is 13.2 Å². The first kappa shape index (κ1) is 13.1. The fourth-order valence-corrected chi connectivity index (χ4v) is 2.32. The van der Waals surface area contributed by atoms with Gasteiger partial charge in [0.1, 0.15) is 5.82 Å². The lowest BCUT2D eigenvalue weighted by Gasteiger charge is -2.20. The molecule has 1 aliphatic carbocycles. The summed E-state index contributed by atoms with van der Waals surface area (Å²) in [5, 5.41) is 12.1. The van der Waals surface area contributed by atoms with E-state index in [-0.39, 0.29) is 24.4 Å². The molecule has 1 aromatic rings. The fraction of sp³-hybridized carbons (Fsp3) is 0.583. The molecule has 1 aliphatic rings. The first-order valence-corrected chi connectivity index (χ1v) is 5.91. The summed E-state index contributed by atoms with van der Waals surface area (Å²) in [5.74, 6) is 0.316. The molecule has 0 aliphatic heterocycles. The van der Waals surface area contributed by atoms with Crippen LogP contribution in [-0.2, 0) is 6.18 Å². The largest absolute Gasteiger partial charge is 0.416 e. The van der Waals surface area contributed by atoms with Gasteiger partial charge in [-0.15, -0.1) is 0 Å². The van der Waals surface area contributed by atoms with Crippen LogP contribution in [0, 0.1) is 5.92 Å². The van der Waals surface area contributed by atoms with Gasteiger partial charge in [0.25, 0.3) is 0 Å². The molecular weight excluding hydrogens is 245 g/mol. The fourth-order valence-electron chi connectivity index (χ4n) is 2.32. The van der Waals surface area contributed by atoms with Crippen molar-refractivity contribution in [1.82, 2.24) is 4.98 Å². The topological polar surface area (TPSA) is 45.1 Å². The highest BCUT2D eigenvalue weighted by Crippen LogP contribution is 2.31. The summed E-state index contributed by atoms with van der Waals surface area (Å²) >= 11 is 0. The predicted molar refractivity (Wildman–Crippen MR) is 61.1 cm³/mol. The average Bonchev–Trinajstić information content (AvgIpc) is 2.75. The van der Waals surface area contributed by atoms with Crippen LogP contribution < -0.4 is 5.32 Å². The molecule has 0 saturated heterocycles. The zero-order chi connectivity index (χ0) is 13.2. The van der Waals surface area contributed by atoms with E-state index in [1.54, 1.807) is 0 Å². The first-order chi connectivity index (χ1) is 8.50. The van der Waals surface area contributed by atoms with Gasteiger partial charge in [-0.3, -0.25) is 0 Å². The summed E-state index contributed by atoms with van der Waals surface area (Å²) in [6.07, 6.45) is -0.488. The number of alkyl halides is 3. The maximum atomic E-state index is 12.5. The number of hydrogen-bond donors (Lipinski definition) is 2. The molecule has 2 unspecified atom stereocenters. The van der Waals surface area contributed by atoms with Crippen molar-refractivity contribution in [2.75, 3.05) is 11.9 Å². The summed E-state index contributed by atoms with van der Waals surface area (Å²) < 4.78 is 37.6. The molecule has 1 saturated carbocycles. The average molecular weight is 260 g/mol. The van der Waals surface area contributed by atoms with Crippen LogP contribution in [0.5, 0.6) is 0 Å². The molecule has 0 amide bonds. The van der Waals surface area contributed by atoms with Crippen LogP contribution in [0.15, 0.2) is 18.3 Å². The Balaban J connectivity index is 2.10. The molecule has 18 heavy (non-hydrogen) atoms. The highest BCUT2D eigenvalue weighted by Gasteiger charge is 2.31. The molecule has 0 radical (unpaired) electrons. The Morgan fingerprint density at radius 1 is 1.39 bits per heavy atom. The SMILES string of the molecule is OCC1CCCC1Nc1cc(C(F)(F)F)ccn1. The second-order valence-corrected chi connectivity index (χ2v) is 4.55. The van der Waals surface area contributed by atoms with Crippen molar-refractivity contribution in [1.29, 1.82) is 0 Å². The van der Waals surface area contributed by atoms with Crippen LogP contribution in [0.2, 0.25) is 0 Å². The molecule has 1 heterocycles. The van der Waals surface area contributed by atoms with Crippen molar-refractivity contribution in [2.45, 2.75) is 31.5 Å². The standard InChI is InChI=1S/C12H15F3N2O/c13-12(14,15)9-4-5-16-11(6-9)17-10-3-1-2-8(10)7-18/h4-6,8,10,18H,1-3,7H2,(H,16,17). The van der Waals surface area contributed by atoms with E-state index in [4.69, 9.17) is 5.11 Å². The lowest BCUT2D eigenvalue weighted by Crippen LogP contribution is -2.26. The second kappa shape index (κ2) is 5.14. The number of hydrogen-bond acceptors (Lipinski definition) is 3. The number of nitrogens with zero attached hydrogens (tertiary/aromatic N) is 1. The van der Waals surface area contributed by atoms with Crippen LogP contribution in [0.4, 0.5) is 19.0 Å². The Morgan fingerprint density at radius 2 is 2.17 bits per heavy atom. The summed E-state index contributed by atoms with van der Waals surface area (Å²) in [6.45, 7) is 0.0522. The third-order valence-corrected chi connectivity index (χ3v) is 3.31. The minimum absolute atomic E-state index is 0.00554. The highest BCUT2D eigenvalue weighted by atomic mass is 19.4. The van der Waals surface area contributed by atoms with Gasteiger partial charge in [0.05, 0.1) is 5.56 Å². The monoisotopic (exact) mass is 260 g/mol. The molecule has 2 N–H and O–H groups in total. The van der Waals surface area contributed by atoms with Gasteiger partial charge in [-0.1, -0.05) is 6.42 Å². The van der Waals surface area contributed by atoms with Crippen LogP contribution >= 0.6 is 0 Å². The quantitative estimate of drug-likeness (QED) is 0.878. The maximum Gasteiger partial charge on any atom is 0.416 e. The Bertz CT molecular complexity index is 409. The zero-order valence-corrected chi connectivity index (χ0v) is 9.74. The highest BCUT2D eigenvalue weighted by molar-refractivity contribution is 5.39. The summed E-state index contributed by atoms with van der Waals surface area (Å²) in [5.41, 5.74) is -0.710. The molecule has 2 rings (SSSR count). The Labute approximate surface area is 103 Å². The van der Waals surface area contributed by atoms with E-state index in [0.717, 1.165) is 37.6 Å². The second-order valence-electron chi connectivity index (χ2n) is 4.55. The van der Waals surface area contributed by atoms with Gasteiger partial charge < -0.3 is 10.4 Å². The van der Waals surface area contributed by atoms with E-state index < -0.39 is 11.7 Å². The number of anilines is 1. The number of aliphatic hydroxyl groups excluding tert-OH is 1. The van der Waals surface area contributed by atoms with Gasteiger partial charge in [0.2, 0.25) is 0 Å². The number of aliphatic hydroxyl groups is 1. The Morgan fingerprint density at radius 3 is 2.83 bits per heavy atom. The molecule has 1 aromatic heterocycles. The van der Waals surface area contributed by atoms with Gasteiger partial charge in [-0.05, 0) is 25.0 Å². The van der Waals surface area contributed by atoms with Crippen molar-refractivity contribution in [3.8, 4) is 0 Å². The predicted octanol–water partition coefficient (Wildman–Crippen LogP) is 2.67. The lowest BCUT2D eigenvalue weighted by molar-refractivity contribution is -0.137. The third kappa shape index (κ3) is 2.93. The smallest absolute Gasteiger partial charge is 0.396 e. The zero-order valence-electron chi connectivity index (χ0n) is 9.74. The van der Waals surface area contributed by atoms with E-state index in [0.29, 0.717) is 0 Å². The van der Waals surface area contributed by atoms with Crippen LogP contribution in [0.1, 0.15) is 24.8 Å². The van der Waals surface area contributed by atoms with Gasteiger partial charge in [-0.25, -0.2) is 4.98 Å². The molecule has 2 atom stereocenters. The van der Waals surface area contributed by atoms with E-state index in [1.807, 2.05) is 0 Å². The third-order valence-electron chi connectivity index (χ3n) is 3.31. The maximum absolute atomic E-state index is 12.5. The van der Waals surface area contributed by atoms with Crippen LogP contribution in [0.25, 0.3) is 0 Å². The summed E-state index contributed by atoms with van der Waals surface area (Å²) in [7, 11) is 0. The van der Waals surface area contributed by atoms with E-state index >= 15 is 0 Å². The van der Waals surface area contributed by atoms with Crippen molar-refractivity contribution in [3.05, 3.63) is 23.9 Å². The molecule has 100 valence electrons. The molecule has 6 heteroatoms. The van der Waals surface area contributed by atoms with Crippen molar-refractivity contribution in [2.24, 2.45) is 5.92 Å². The molecule has 3 nitrogen and oxygen atoms in total. The number of rotatable bonds is 3.